The molecular formula is C12H12N2O4S. The van der Waals surface area contributed by atoms with E-state index in [1.165, 1.54) is 6.20 Å². The number of carboxylic acids is 1. The van der Waals surface area contributed by atoms with Crippen LogP contribution in [0.25, 0.3) is 0 Å². The van der Waals surface area contributed by atoms with Gasteiger partial charge in [0.05, 0.1) is 26.1 Å². The number of aromatic carboxylic acids is 1. The van der Waals surface area contributed by atoms with E-state index in [9.17, 15) is 4.79 Å². The number of benzene rings is 1. The van der Waals surface area contributed by atoms with Crippen molar-refractivity contribution in [2.24, 2.45) is 0 Å². The lowest BCUT2D eigenvalue weighted by Gasteiger charge is -2.10. The van der Waals surface area contributed by atoms with E-state index in [1.54, 1.807) is 32.4 Å². The van der Waals surface area contributed by atoms with Gasteiger partial charge in [-0.05, 0) is 12.1 Å². The first-order valence-electron chi connectivity index (χ1n) is 5.32. The van der Waals surface area contributed by atoms with E-state index in [0.717, 1.165) is 11.3 Å². The molecule has 0 aliphatic heterocycles. The van der Waals surface area contributed by atoms with Gasteiger partial charge in [-0.15, -0.1) is 0 Å². The number of carboxylic acid groups (broad SMARTS) is 1. The Morgan fingerprint density at radius 2 is 2.16 bits per heavy atom. The van der Waals surface area contributed by atoms with Gasteiger partial charge in [0.2, 0.25) is 0 Å². The smallest absolute Gasteiger partial charge is 0.347 e. The van der Waals surface area contributed by atoms with Gasteiger partial charge < -0.3 is 19.9 Å². The number of thiazole rings is 1. The van der Waals surface area contributed by atoms with Crippen LogP contribution in [0.5, 0.6) is 11.5 Å². The van der Waals surface area contributed by atoms with Crippen LogP contribution < -0.4 is 14.8 Å². The van der Waals surface area contributed by atoms with Gasteiger partial charge in [-0.2, -0.15) is 0 Å². The number of methoxy groups -OCH3 is 2. The topological polar surface area (TPSA) is 80.7 Å². The van der Waals surface area contributed by atoms with Crippen LogP contribution in [0.2, 0.25) is 0 Å². The maximum atomic E-state index is 10.8. The minimum atomic E-state index is -0.997. The van der Waals surface area contributed by atoms with Gasteiger partial charge in [-0.1, -0.05) is 11.3 Å². The molecule has 0 atom stereocenters. The highest BCUT2D eigenvalue weighted by molar-refractivity contribution is 7.17. The van der Waals surface area contributed by atoms with Crippen molar-refractivity contribution in [1.82, 2.24) is 4.98 Å². The van der Waals surface area contributed by atoms with Crippen molar-refractivity contribution in [1.29, 1.82) is 0 Å². The molecule has 0 saturated carbocycles. The largest absolute Gasteiger partial charge is 0.497 e. The molecule has 19 heavy (non-hydrogen) atoms. The summed E-state index contributed by atoms with van der Waals surface area (Å²) in [4.78, 5) is 15.0. The third-order valence-corrected chi connectivity index (χ3v) is 3.27. The fourth-order valence-electron chi connectivity index (χ4n) is 1.46. The molecule has 2 N–H and O–H groups in total. The molecule has 0 spiro atoms. The van der Waals surface area contributed by atoms with Crippen LogP contribution >= 0.6 is 11.3 Å². The lowest BCUT2D eigenvalue weighted by atomic mass is 10.2. The standard InChI is InChI=1S/C12H12N2O4S/c1-17-7-3-4-9(18-2)8(5-7)14-12-13-6-10(19-12)11(15)16/h3-6H,1-2H3,(H,13,14)(H,15,16). The zero-order valence-corrected chi connectivity index (χ0v) is 11.2. The van der Waals surface area contributed by atoms with E-state index in [2.05, 4.69) is 10.3 Å². The summed E-state index contributed by atoms with van der Waals surface area (Å²) in [5.74, 6) is 0.286. The number of nitrogens with zero attached hydrogens (tertiary/aromatic N) is 1. The first kappa shape index (κ1) is 13.2. The Morgan fingerprint density at radius 3 is 2.74 bits per heavy atom. The lowest BCUT2D eigenvalue weighted by molar-refractivity contribution is 0.0702. The Bertz CT molecular complexity index is 597. The monoisotopic (exact) mass is 280 g/mol. The average Bonchev–Trinajstić information content (AvgIpc) is 2.87. The number of anilines is 2. The normalized spacial score (nSPS) is 10.0. The number of rotatable bonds is 5. The second-order valence-electron chi connectivity index (χ2n) is 3.53. The van der Waals surface area contributed by atoms with E-state index in [4.69, 9.17) is 14.6 Å². The SMILES string of the molecule is COc1ccc(OC)c(Nc2ncc(C(=O)O)s2)c1. The zero-order valence-electron chi connectivity index (χ0n) is 10.3. The minimum Gasteiger partial charge on any atom is -0.497 e. The number of hydrogen-bond donors (Lipinski definition) is 2. The van der Waals surface area contributed by atoms with Gasteiger partial charge in [0.15, 0.2) is 5.13 Å². The third-order valence-electron chi connectivity index (χ3n) is 2.36. The molecular weight excluding hydrogens is 268 g/mol. The second kappa shape index (κ2) is 5.57. The number of nitrogens with one attached hydrogen (secondary N) is 1. The number of carbonyl (C=O) groups is 1. The summed E-state index contributed by atoms with van der Waals surface area (Å²) in [5, 5.41) is 12.3. The van der Waals surface area contributed by atoms with Crippen molar-refractivity contribution in [2.75, 3.05) is 19.5 Å². The second-order valence-corrected chi connectivity index (χ2v) is 4.56. The lowest BCUT2D eigenvalue weighted by Crippen LogP contribution is -1.95. The van der Waals surface area contributed by atoms with Crippen LogP contribution in [0.3, 0.4) is 0 Å². The molecule has 0 unspecified atom stereocenters. The maximum Gasteiger partial charge on any atom is 0.347 e. The van der Waals surface area contributed by atoms with E-state index >= 15 is 0 Å². The summed E-state index contributed by atoms with van der Waals surface area (Å²) in [6.45, 7) is 0. The molecule has 1 aromatic carbocycles. The fourth-order valence-corrected chi connectivity index (χ4v) is 2.13. The number of aromatic nitrogens is 1. The Balaban J connectivity index is 2.27. The molecule has 1 heterocycles. The Labute approximate surface area is 113 Å². The van der Waals surface area contributed by atoms with Gasteiger partial charge in [0.1, 0.15) is 16.4 Å². The van der Waals surface area contributed by atoms with Crippen LogP contribution in [-0.4, -0.2) is 30.3 Å². The molecule has 0 aliphatic rings. The van der Waals surface area contributed by atoms with Gasteiger partial charge in [-0.25, -0.2) is 9.78 Å². The van der Waals surface area contributed by atoms with E-state index in [1.807, 2.05) is 0 Å². The van der Waals surface area contributed by atoms with Gasteiger partial charge in [0, 0.05) is 6.07 Å². The van der Waals surface area contributed by atoms with Crippen molar-refractivity contribution in [2.45, 2.75) is 0 Å². The first-order valence-corrected chi connectivity index (χ1v) is 6.14. The highest BCUT2D eigenvalue weighted by Gasteiger charge is 2.11. The summed E-state index contributed by atoms with van der Waals surface area (Å²) >= 11 is 1.05. The predicted molar refractivity (Wildman–Crippen MR) is 71.9 cm³/mol. The van der Waals surface area contributed by atoms with Crippen LogP contribution in [-0.2, 0) is 0 Å². The molecule has 0 bridgehead atoms. The number of ether oxygens (including phenoxy) is 2. The molecule has 0 saturated heterocycles. The molecule has 2 aromatic rings. The maximum absolute atomic E-state index is 10.8. The highest BCUT2D eigenvalue weighted by atomic mass is 32.1. The van der Waals surface area contributed by atoms with Crippen LogP contribution in [0, 0.1) is 0 Å². The molecule has 7 heteroatoms. The quantitative estimate of drug-likeness (QED) is 0.876. The highest BCUT2D eigenvalue weighted by Crippen LogP contribution is 2.32. The Morgan fingerprint density at radius 1 is 1.37 bits per heavy atom. The van der Waals surface area contributed by atoms with E-state index in [0.29, 0.717) is 22.3 Å². The zero-order chi connectivity index (χ0) is 13.8. The molecule has 0 radical (unpaired) electrons. The van der Waals surface area contributed by atoms with Crippen molar-refractivity contribution < 1.29 is 19.4 Å². The fraction of sp³-hybridized carbons (Fsp3) is 0.167. The number of hydrogen-bond acceptors (Lipinski definition) is 6. The van der Waals surface area contributed by atoms with Crippen molar-refractivity contribution in [3.8, 4) is 11.5 Å². The summed E-state index contributed by atoms with van der Waals surface area (Å²) < 4.78 is 10.3. The molecule has 1 aromatic heterocycles. The third kappa shape index (κ3) is 2.94. The van der Waals surface area contributed by atoms with E-state index in [-0.39, 0.29) is 4.88 Å². The van der Waals surface area contributed by atoms with Crippen LogP contribution in [0.15, 0.2) is 24.4 Å². The molecule has 0 aliphatic carbocycles. The van der Waals surface area contributed by atoms with Crippen molar-refractivity contribution >= 4 is 28.1 Å². The molecule has 0 fully saturated rings. The summed E-state index contributed by atoms with van der Waals surface area (Å²) in [7, 11) is 3.12. The van der Waals surface area contributed by atoms with E-state index < -0.39 is 5.97 Å². The Kier molecular flexibility index (Phi) is 3.86. The van der Waals surface area contributed by atoms with Crippen LogP contribution in [0.1, 0.15) is 9.67 Å². The van der Waals surface area contributed by atoms with Gasteiger partial charge in [-0.3, -0.25) is 0 Å². The Hall–Kier alpha value is -2.28. The first-order chi connectivity index (χ1) is 9.13. The van der Waals surface area contributed by atoms with Crippen LogP contribution in [0.4, 0.5) is 10.8 Å². The van der Waals surface area contributed by atoms with Gasteiger partial charge >= 0.3 is 5.97 Å². The summed E-state index contributed by atoms with van der Waals surface area (Å²) in [6.07, 6.45) is 1.31. The average molecular weight is 280 g/mol. The van der Waals surface area contributed by atoms with Crippen molar-refractivity contribution in [3.63, 3.8) is 0 Å². The molecule has 2 rings (SSSR count). The molecule has 0 amide bonds. The molecule has 6 nitrogen and oxygen atoms in total. The minimum absolute atomic E-state index is 0.171. The summed E-state index contributed by atoms with van der Waals surface area (Å²) in [6, 6.07) is 5.28. The predicted octanol–water partition coefficient (Wildman–Crippen LogP) is 2.60. The molecule has 100 valence electrons. The van der Waals surface area contributed by atoms with Crippen molar-refractivity contribution in [3.05, 3.63) is 29.3 Å². The summed E-state index contributed by atoms with van der Waals surface area (Å²) in [5.41, 5.74) is 0.660. The van der Waals surface area contributed by atoms with Gasteiger partial charge in [0.25, 0.3) is 0 Å².